The topological polar surface area (TPSA) is 0 Å². The summed E-state index contributed by atoms with van der Waals surface area (Å²) in [7, 11) is 0. The molecule has 0 N–H and O–H groups in total. The summed E-state index contributed by atoms with van der Waals surface area (Å²) in [6.45, 7) is 8.80. The Labute approximate surface area is 93.9 Å². The van der Waals surface area contributed by atoms with Crippen LogP contribution in [0.1, 0.15) is 47.0 Å². The summed E-state index contributed by atoms with van der Waals surface area (Å²) in [5.74, 6) is 2.50. The highest BCUT2D eigenvalue weighted by molar-refractivity contribution is 7.99. The molecule has 0 fully saturated rings. The summed E-state index contributed by atoms with van der Waals surface area (Å²) in [6, 6.07) is 0. The molecule has 14 heavy (non-hydrogen) atoms. The van der Waals surface area contributed by atoms with E-state index < -0.39 is 0 Å². The van der Waals surface area contributed by atoms with E-state index >= 15 is 0 Å². The Balaban J connectivity index is 3.56. The molecule has 0 aromatic heterocycles. The Morgan fingerprint density at radius 3 is 2.50 bits per heavy atom. The second kappa shape index (κ2) is 9.39. The average Bonchev–Trinajstić information content (AvgIpc) is 2.18. The Morgan fingerprint density at radius 1 is 1.21 bits per heavy atom. The van der Waals surface area contributed by atoms with Gasteiger partial charge in [-0.05, 0) is 45.8 Å². The predicted molar refractivity (Wildman–Crippen MR) is 70.0 cm³/mol. The number of hydrogen-bond acceptors (Lipinski definition) is 1. The van der Waals surface area contributed by atoms with Gasteiger partial charge in [-0.25, -0.2) is 0 Å². The van der Waals surface area contributed by atoms with Gasteiger partial charge in [0.25, 0.3) is 0 Å². The van der Waals surface area contributed by atoms with Crippen LogP contribution in [0.3, 0.4) is 0 Å². The maximum Gasteiger partial charge on any atom is 0.0140 e. The van der Waals surface area contributed by atoms with Crippen LogP contribution < -0.4 is 0 Å². The summed E-state index contributed by atoms with van der Waals surface area (Å²) >= 11 is 2.04. The number of allylic oxidation sites excluding steroid dienone is 3. The van der Waals surface area contributed by atoms with Crippen LogP contribution in [0.2, 0.25) is 0 Å². The van der Waals surface area contributed by atoms with Crippen LogP contribution in [0.15, 0.2) is 23.3 Å². The third-order valence-electron chi connectivity index (χ3n) is 2.20. The van der Waals surface area contributed by atoms with Crippen molar-refractivity contribution in [2.75, 3.05) is 11.5 Å². The van der Waals surface area contributed by atoms with E-state index in [9.17, 15) is 0 Å². The van der Waals surface area contributed by atoms with Gasteiger partial charge in [0.15, 0.2) is 0 Å². The molecule has 0 aromatic rings. The molecule has 0 rings (SSSR count). The Bertz CT molecular complexity index is 189. The number of hydrogen-bond donors (Lipinski definition) is 0. The van der Waals surface area contributed by atoms with Crippen molar-refractivity contribution in [3.05, 3.63) is 23.3 Å². The van der Waals surface area contributed by atoms with Gasteiger partial charge in [0.1, 0.15) is 0 Å². The van der Waals surface area contributed by atoms with Gasteiger partial charge >= 0.3 is 0 Å². The molecule has 0 aliphatic heterocycles. The van der Waals surface area contributed by atoms with Crippen LogP contribution in [-0.4, -0.2) is 11.5 Å². The van der Waals surface area contributed by atoms with Crippen LogP contribution in [0, 0.1) is 0 Å². The van der Waals surface area contributed by atoms with Crippen molar-refractivity contribution in [3.63, 3.8) is 0 Å². The predicted octanol–water partition coefficient (Wildman–Crippen LogP) is 4.82. The molecule has 0 heterocycles. The van der Waals surface area contributed by atoms with E-state index in [-0.39, 0.29) is 0 Å². The van der Waals surface area contributed by atoms with E-state index in [1.807, 2.05) is 11.8 Å². The Hall–Kier alpha value is -0.170. The maximum atomic E-state index is 2.38. The average molecular weight is 212 g/mol. The van der Waals surface area contributed by atoms with E-state index in [2.05, 4.69) is 39.8 Å². The van der Waals surface area contributed by atoms with Gasteiger partial charge in [-0.2, -0.15) is 11.8 Å². The molecule has 0 saturated carbocycles. The molecule has 0 radical (unpaired) electrons. The van der Waals surface area contributed by atoms with E-state index in [1.165, 1.54) is 41.9 Å². The number of thioether (sulfide) groups is 1. The highest BCUT2D eigenvalue weighted by Gasteiger charge is 1.91. The lowest BCUT2D eigenvalue weighted by Gasteiger charge is -2.01. The van der Waals surface area contributed by atoms with Gasteiger partial charge in [-0.3, -0.25) is 0 Å². The van der Waals surface area contributed by atoms with E-state index in [0.29, 0.717) is 0 Å². The van der Waals surface area contributed by atoms with Crippen LogP contribution >= 0.6 is 11.8 Å². The largest absolute Gasteiger partial charge is 0.158 e. The van der Waals surface area contributed by atoms with Crippen molar-refractivity contribution < 1.29 is 0 Å². The molecule has 0 aliphatic carbocycles. The molecular formula is C13H24S. The molecule has 82 valence electrons. The van der Waals surface area contributed by atoms with Crippen molar-refractivity contribution in [1.82, 2.24) is 0 Å². The highest BCUT2D eigenvalue weighted by atomic mass is 32.2. The zero-order chi connectivity index (χ0) is 10.8. The first-order valence-electron chi connectivity index (χ1n) is 5.55. The van der Waals surface area contributed by atoms with Gasteiger partial charge in [-0.15, -0.1) is 0 Å². The molecule has 0 aliphatic rings. The van der Waals surface area contributed by atoms with E-state index in [1.54, 1.807) is 0 Å². The van der Waals surface area contributed by atoms with Crippen molar-refractivity contribution in [2.45, 2.75) is 47.0 Å². The monoisotopic (exact) mass is 212 g/mol. The second-order valence-electron chi connectivity index (χ2n) is 3.78. The lowest BCUT2D eigenvalue weighted by Crippen LogP contribution is -1.84. The fourth-order valence-electron chi connectivity index (χ4n) is 1.13. The first-order valence-corrected chi connectivity index (χ1v) is 6.71. The molecule has 0 aromatic carbocycles. The zero-order valence-corrected chi connectivity index (χ0v) is 10.9. The van der Waals surface area contributed by atoms with Crippen molar-refractivity contribution in [2.24, 2.45) is 0 Å². The van der Waals surface area contributed by atoms with E-state index in [4.69, 9.17) is 0 Å². The summed E-state index contributed by atoms with van der Waals surface area (Å²) < 4.78 is 0. The first-order chi connectivity index (χ1) is 6.70. The third-order valence-corrected chi connectivity index (χ3v) is 3.56. The molecule has 0 saturated heterocycles. The van der Waals surface area contributed by atoms with Crippen molar-refractivity contribution in [1.29, 1.82) is 0 Å². The quantitative estimate of drug-likeness (QED) is 0.430. The van der Waals surface area contributed by atoms with Gasteiger partial charge in [0.2, 0.25) is 0 Å². The molecule has 0 unspecified atom stereocenters. The van der Waals surface area contributed by atoms with Crippen LogP contribution in [-0.2, 0) is 0 Å². The SMILES string of the molecule is CC=C(C)CCC=C(C)CSCCC. The van der Waals surface area contributed by atoms with Gasteiger partial charge in [-0.1, -0.05) is 30.2 Å². The first kappa shape index (κ1) is 13.8. The van der Waals surface area contributed by atoms with Gasteiger partial charge in [0.05, 0.1) is 0 Å². The fourth-order valence-corrected chi connectivity index (χ4v) is 2.00. The molecule has 0 spiro atoms. The van der Waals surface area contributed by atoms with Crippen LogP contribution in [0.4, 0.5) is 0 Å². The minimum absolute atomic E-state index is 1.20. The summed E-state index contributed by atoms with van der Waals surface area (Å²) in [6.07, 6.45) is 8.29. The molecule has 0 amide bonds. The normalized spacial score (nSPS) is 13.4. The molecule has 1 heteroatoms. The summed E-state index contributed by atoms with van der Waals surface area (Å²) in [4.78, 5) is 0. The Kier molecular flexibility index (Phi) is 9.27. The van der Waals surface area contributed by atoms with Crippen LogP contribution in [0.5, 0.6) is 0 Å². The number of rotatable bonds is 7. The lowest BCUT2D eigenvalue weighted by atomic mass is 10.1. The minimum atomic E-state index is 1.20. The Morgan fingerprint density at radius 2 is 1.93 bits per heavy atom. The smallest absolute Gasteiger partial charge is 0.0140 e. The maximum absolute atomic E-state index is 2.38. The fraction of sp³-hybridized carbons (Fsp3) is 0.692. The highest BCUT2D eigenvalue weighted by Crippen LogP contribution is 2.11. The molecule has 0 nitrogen and oxygen atoms in total. The molecule has 0 bridgehead atoms. The second-order valence-corrected chi connectivity index (χ2v) is 4.88. The summed E-state index contributed by atoms with van der Waals surface area (Å²) in [5, 5.41) is 0. The summed E-state index contributed by atoms with van der Waals surface area (Å²) in [5.41, 5.74) is 3.03. The van der Waals surface area contributed by atoms with Gasteiger partial charge < -0.3 is 0 Å². The molecule has 0 atom stereocenters. The van der Waals surface area contributed by atoms with Gasteiger partial charge in [0, 0.05) is 5.75 Å². The van der Waals surface area contributed by atoms with Crippen molar-refractivity contribution >= 4 is 11.8 Å². The standard InChI is InChI=1S/C13H24S/c1-5-10-14-11-13(4)9-7-8-12(3)6-2/h6,9H,5,7-8,10-11H2,1-4H3. The molecular weight excluding hydrogens is 188 g/mol. The third kappa shape index (κ3) is 8.43. The zero-order valence-electron chi connectivity index (χ0n) is 10.1. The van der Waals surface area contributed by atoms with Crippen molar-refractivity contribution in [3.8, 4) is 0 Å². The van der Waals surface area contributed by atoms with E-state index in [0.717, 1.165) is 0 Å². The lowest BCUT2D eigenvalue weighted by molar-refractivity contribution is 0.964. The van der Waals surface area contributed by atoms with Crippen LogP contribution in [0.25, 0.3) is 0 Å². The minimum Gasteiger partial charge on any atom is -0.158 e.